The molecule has 0 spiro atoms. The lowest BCUT2D eigenvalue weighted by Crippen LogP contribution is -1.95. The molecule has 5 aromatic rings. The molecule has 0 unspecified atom stereocenters. The molecule has 0 amide bonds. The van der Waals surface area contributed by atoms with Crippen LogP contribution in [0.2, 0.25) is 0 Å². The van der Waals surface area contributed by atoms with Gasteiger partial charge in [-0.25, -0.2) is 0 Å². The number of aromatic amines is 2. The van der Waals surface area contributed by atoms with Crippen molar-refractivity contribution in [2.45, 2.75) is 0 Å². The van der Waals surface area contributed by atoms with Gasteiger partial charge in [0.25, 0.3) is 0 Å². The number of methoxy groups -OCH3 is 5. The summed E-state index contributed by atoms with van der Waals surface area (Å²) in [6.45, 7) is 0. The molecule has 3 aromatic carbocycles. The van der Waals surface area contributed by atoms with Gasteiger partial charge >= 0.3 is 0 Å². The van der Waals surface area contributed by atoms with Crippen LogP contribution in [0.15, 0.2) is 30.3 Å². The van der Waals surface area contributed by atoms with E-state index in [0.717, 1.165) is 55.1 Å². The van der Waals surface area contributed by atoms with Gasteiger partial charge in [0.15, 0.2) is 11.5 Å². The average Bonchev–Trinajstić information content (AvgIpc) is 3.34. The topological polar surface area (TPSA) is 77.7 Å². The molecular weight excluding hydrogens is 384 g/mol. The van der Waals surface area contributed by atoms with E-state index in [1.807, 2.05) is 18.2 Å². The van der Waals surface area contributed by atoms with Gasteiger partial charge in [-0.3, -0.25) is 0 Å². The number of fused-ring (bicyclic) bond motifs is 7. The molecule has 0 saturated carbocycles. The Morgan fingerprint density at radius 3 is 1.73 bits per heavy atom. The lowest BCUT2D eigenvalue weighted by Gasteiger charge is -2.13. The van der Waals surface area contributed by atoms with Crippen molar-refractivity contribution in [3.8, 4) is 28.7 Å². The summed E-state index contributed by atoms with van der Waals surface area (Å²) in [6.07, 6.45) is 0. The first-order valence-electron chi connectivity index (χ1n) is 9.45. The SMILES string of the molecule is COc1cc(OC)c2c(c1)[nH]c1c2ccc2c1[nH]c1cc(OC)c(OC)c(OC)c12. The number of benzene rings is 3. The molecule has 0 saturated heterocycles. The molecule has 0 fully saturated rings. The first-order chi connectivity index (χ1) is 14.6. The van der Waals surface area contributed by atoms with Gasteiger partial charge in [0.05, 0.1) is 63.0 Å². The van der Waals surface area contributed by atoms with Crippen molar-refractivity contribution in [3.05, 3.63) is 30.3 Å². The summed E-state index contributed by atoms with van der Waals surface area (Å²) >= 11 is 0. The average molecular weight is 406 g/mol. The molecule has 2 aromatic heterocycles. The molecular formula is C23H22N2O5. The van der Waals surface area contributed by atoms with Gasteiger partial charge in [0.1, 0.15) is 11.5 Å². The van der Waals surface area contributed by atoms with Crippen LogP contribution < -0.4 is 23.7 Å². The Labute approximate surface area is 172 Å². The first kappa shape index (κ1) is 18.3. The fourth-order valence-corrected chi connectivity index (χ4v) is 4.32. The highest BCUT2D eigenvalue weighted by Gasteiger charge is 2.22. The lowest BCUT2D eigenvalue weighted by molar-refractivity contribution is 0.327. The predicted octanol–water partition coefficient (Wildman–Crippen LogP) is 5.00. The van der Waals surface area contributed by atoms with Crippen molar-refractivity contribution in [1.82, 2.24) is 9.97 Å². The third-order valence-electron chi connectivity index (χ3n) is 5.62. The largest absolute Gasteiger partial charge is 0.497 e. The maximum absolute atomic E-state index is 5.72. The lowest BCUT2D eigenvalue weighted by atomic mass is 10.1. The normalized spacial score (nSPS) is 11.5. The number of H-pyrrole nitrogens is 2. The Kier molecular flexibility index (Phi) is 4.06. The summed E-state index contributed by atoms with van der Waals surface area (Å²) in [4.78, 5) is 7.06. The highest BCUT2D eigenvalue weighted by atomic mass is 16.5. The van der Waals surface area contributed by atoms with E-state index in [1.54, 1.807) is 35.5 Å². The molecule has 30 heavy (non-hydrogen) atoms. The van der Waals surface area contributed by atoms with Crippen LogP contribution >= 0.6 is 0 Å². The van der Waals surface area contributed by atoms with Crippen LogP contribution in [0.3, 0.4) is 0 Å². The van der Waals surface area contributed by atoms with Crippen molar-refractivity contribution >= 4 is 43.6 Å². The molecule has 5 rings (SSSR count). The van der Waals surface area contributed by atoms with Crippen LogP contribution in [0.4, 0.5) is 0 Å². The zero-order chi connectivity index (χ0) is 21.0. The van der Waals surface area contributed by atoms with E-state index < -0.39 is 0 Å². The van der Waals surface area contributed by atoms with Crippen LogP contribution in [0.5, 0.6) is 28.7 Å². The Hall–Kier alpha value is -3.74. The van der Waals surface area contributed by atoms with Gasteiger partial charge in [-0.2, -0.15) is 0 Å². The molecule has 0 bridgehead atoms. The Bertz CT molecular complexity index is 1430. The molecule has 0 aliphatic rings. The van der Waals surface area contributed by atoms with Gasteiger partial charge in [0.2, 0.25) is 5.75 Å². The van der Waals surface area contributed by atoms with Crippen molar-refractivity contribution in [2.75, 3.05) is 35.5 Å². The van der Waals surface area contributed by atoms with E-state index >= 15 is 0 Å². The third-order valence-corrected chi connectivity index (χ3v) is 5.62. The monoisotopic (exact) mass is 406 g/mol. The smallest absolute Gasteiger partial charge is 0.204 e. The van der Waals surface area contributed by atoms with Gasteiger partial charge in [-0.05, 0) is 0 Å². The van der Waals surface area contributed by atoms with Crippen LogP contribution in [-0.2, 0) is 0 Å². The quantitative estimate of drug-likeness (QED) is 0.430. The second kappa shape index (κ2) is 6.66. The van der Waals surface area contributed by atoms with E-state index in [2.05, 4.69) is 22.1 Å². The zero-order valence-electron chi connectivity index (χ0n) is 17.4. The van der Waals surface area contributed by atoms with E-state index in [4.69, 9.17) is 23.7 Å². The summed E-state index contributed by atoms with van der Waals surface area (Å²) in [5, 5.41) is 4.03. The summed E-state index contributed by atoms with van der Waals surface area (Å²) in [5.41, 5.74) is 3.78. The summed E-state index contributed by atoms with van der Waals surface area (Å²) in [6, 6.07) is 9.97. The number of hydrogen-bond acceptors (Lipinski definition) is 5. The molecule has 0 aliphatic carbocycles. The van der Waals surface area contributed by atoms with Crippen molar-refractivity contribution < 1.29 is 23.7 Å². The van der Waals surface area contributed by atoms with Gasteiger partial charge in [0, 0.05) is 34.4 Å². The van der Waals surface area contributed by atoms with E-state index in [1.165, 1.54) is 0 Å². The van der Waals surface area contributed by atoms with Crippen molar-refractivity contribution in [2.24, 2.45) is 0 Å². The van der Waals surface area contributed by atoms with E-state index in [0.29, 0.717) is 17.2 Å². The maximum atomic E-state index is 5.72. The van der Waals surface area contributed by atoms with Crippen molar-refractivity contribution in [3.63, 3.8) is 0 Å². The maximum Gasteiger partial charge on any atom is 0.204 e. The van der Waals surface area contributed by atoms with Crippen molar-refractivity contribution in [1.29, 1.82) is 0 Å². The number of aromatic nitrogens is 2. The second-order valence-electron chi connectivity index (χ2n) is 6.98. The summed E-state index contributed by atoms with van der Waals surface area (Å²) < 4.78 is 27.9. The highest BCUT2D eigenvalue weighted by molar-refractivity contribution is 6.24. The molecule has 2 N–H and O–H groups in total. The first-order valence-corrected chi connectivity index (χ1v) is 9.45. The fourth-order valence-electron chi connectivity index (χ4n) is 4.32. The fraction of sp³-hybridized carbons (Fsp3) is 0.217. The summed E-state index contributed by atoms with van der Waals surface area (Å²) in [7, 11) is 8.16. The number of nitrogens with one attached hydrogen (secondary N) is 2. The summed E-state index contributed by atoms with van der Waals surface area (Å²) in [5.74, 6) is 3.29. The molecule has 0 aliphatic heterocycles. The Balaban J connectivity index is 1.94. The Morgan fingerprint density at radius 2 is 1.17 bits per heavy atom. The van der Waals surface area contributed by atoms with E-state index in [-0.39, 0.29) is 0 Å². The van der Waals surface area contributed by atoms with Crippen LogP contribution in [0.1, 0.15) is 0 Å². The zero-order valence-corrected chi connectivity index (χ0v) is 17.4. The molecule has 2 heterocycles. The minimum absolute atomic E-state index is 0.566. The van der Waals surface area contributed by atoms with Crippen LogP contribution in [0.25, 0.3) is 43.6 Å². The second-order valence-corrected chi connectivity index (χ2v) is 6.98. The molecule has 7 heteroatoms. The van der Waals surface area contributed by atoms with Gasteiger partial charge in [-0.1, -0.05) is 12.1 Å². The van der Waals surface area contributed by atoms with Crippen LogP contribution in [0, 0.1) is 0 Å². The molecule has 0 radical (unpaired) electrons. The predicted molar refractivity (Wildman–Crippen MR) is 118 cm³/mol. The number of hydrogen-bond donors (Lipinski definition) is 2. The van der Waals surface area contributed by atoms with Crippen LogP contribution in [-0.4, -0.2) is 45.5 Å². The van der Waals surface area contributed by atoms with Gasteiger partial charge in [-0.15, -0.1) is 0 Å². The molecule has 154 valence electrons. The minimum atomic E-state index is 0.566. The standard InChI is InChI=1S/C23H22N2O5/c1-26-11-8-14-18(16(9-11)27-2)12-6-7-13-19-15(25-21(13)20(12)24-14)10-17(28-3)22(29-4)23(19)30-5/h6-10,24-25H,1-5H3. The number of rotatable bonds is 5. The molecule has 7 nitrogen and oxygen atoms in total. The van der Waals surface area contributed by atoms with Gasteiger partial charge < -0.3 is 33.7 Å². The molecule has 0 atom stereocenters. The highest BCUT2D eigenvalue weighted by Crippen LogP contribution is 2.47. The minimum Gasteiger partial charge on any atom is -0.497 e. The number of ether oxygens (including phenoxy) is 5. The Morgan fingerprint density at radius 1 is 0.567 bits per heavy atom. The van der Waals surface area contributed by atoms with E-state index in [9.17, 15) is 0 Å². The third kappa shape index (κ3) is 2.32.